The van der Waals surface area contributed by atoms with Crippen molar-refractivity contribution in [3.8, 4) is 5.69 Å². The minimum absolute atomic E-state index is 0.0607. The van der Waals surface area contributed by atoms with Crippen molar-refractivity contribution in [3.05, 3.63) is 63.6 Å². The third kappa shape index (κ3) is 3.90. The summed E-state index contributed by atoms with van der Waals surface area (Å²) in [5, 5.41) is 11.7. The second-order valence-corrected chi connectivity index (χ2v) is 6.74. The van der Waals surface area contributed by atoms with E-state index >= 15 is 0 Å². The summed E-state index contributed by atoms with van der Waals surface area (Å²) in [4.78, 5) is 24.9. The van der Waals surface area contributed by atoms with Gasteiger partial charge in [-0.15, -0.1) is 0 Å². The van der Waals surface area contributed by atoms with Crippen LogP contribution in [0.3, 0.4) is 0 Å². The molecular weight excluding hydrogens is 356 g/mol. The molecular formula is C20H26N6O2. The van der Waals surface area contributed by atoms with Crippen LogP contribution in [0.25, 0.3) is 5.69 Å². The molecule has 0 saturated heterocycles. The van der Waals surface area contributed by atoms with E-state index in [1.165, 1.54) is 14.8 Å². The maximum atomic E-state index is 12.6. The summed E-state index contributed by atoms with van der Waals surface area (Å²) in [7, 11) is 0. The number of nitrogens with zero attached hydrogens (tertiary/aromatic N) is 5. The molecule has 8 heteroatoms. The molecule has 0 fully saturated rings. The van der Waals surface area contributed by atoms with Crippen LogP contribution in [0.1, 0.15) is 29.7 Å². The summed E-state index contributed by atoms with van der Waals surface area (Å²) >= 11 is 0. The molecule has 0 bridgehead atoms. The van der Waals surface area contributed by atoms with Crippen LogP contribution in [-0.2, 0) is 24.3 Å². The van der Waals surface area contributed by atoms with E-state index in [9.17, 15) is 9.59 Å². The van der Waals surface area contributed by atoms with Gasteiger partial charge in [-0.2, -0.15) is 14.9 Å². The molecule has 0 saturated carbocycles. The average molecular weight is 382 g/mol. The molecule has 1 aromatic carbocycles. The van der Waals surface area contributed by atoms with Crippen LogP contribution in [0.5, 0.6) is 0 Å². The molecule has 0 atom stereocenters. The van der Waals surface area contributed by atoms with E-state index < -0.39 is 0 Å². The zero-order valence-corrected chi connectivity index (χ0v) is 16.8. The quantitative estimate of drug-likeness (QED) is 0.671. The Morgan fingerprint density at radius 2 is 1.82 bits per heavy atom. The van der Waals surface area contributed by atoms with Crippen molar-refractivity contribution in [3.63, 3.8) is 0 Å². The van der Waals surface area contributed by atoms with E-state index in [2.05, 4.69) is 22.4 Å². The Morgan fingerprint density at radius 3 is 2.46 bits per heavy atom. The van der Waals surface area contributed by atoms with Gasteiger partial charge >= 0.3 is 5.69 Å². The van der Waals surface area contributed by atoms with Crippen LogP contribution >= 0.6 is 0 Å². The predicted molar refractivity (Wildman–Crippen MR) is 107 cm³/mol. The lowest BCUT2D eigenvalue weighted by atomic mass is 10.1. The Bertz CT molecular complexity index is 1030. The van der Waals surface area contributed by atoms with Crippen molar-refractivity contribution in [2.24, 2.45) is 0 Å². The number of rotatable bonds is 7. The first kappa shape index (κ1) is 19.6. The molecule has 0 aliphatic carbocycles. The minimum atomic E-state index is -0.329. The molecule has 0 aliphatic heterocycles. The number of aryl methyl sites for hydroxylation is 2. The second kappa shape index (κ2) is 8.24. The largest absolute Gasteiger partial charge is 0.353 e. The molecule has 3 aromatic rings. The smallest absolute Gasteiger partial charge is 0.351 e. The zero-order valence-electron chi connectivity index (χ0n) is 16.8. The van der Waals surface area contributed by atoms with Crippen molar-refractivity contribution < 1.29 is 4.79 Å². The fraction of sp³-hybridized carbons (Fsp3) is 0.400. The number of carbonyl (C=O) groups is 1. The van der Waals surface area contributed by atoms with Gasteiger partial charge in [-0.05, 0) is 44.9 Å². The van der Waals surface area contributed by atoms with Gasteiger partial charge in [0.05, 0.1) is 17.9 Å². The highest BCUT2D eigenvalue weighted by atomic mass is 16.2. The number of nitrogens with one attached hydrogen (secondary N) is 1. The third-order valence-corrected chi connectivity index (χ3v) is 4.88. The van der Waals surface area contributed by atoms with Gasteiger partial charge in [0.1, 0.15) is 12.4 Å². The summed E-state index contributed by atoms with van der Waals surface area (Å²) in [6.45, 7) is 8.85. The van der Waals surface area contributed by atoms with Crippen LogP contribution in [-0.4, -0.2) is 36.6 Å². The standard InChI is InChI=1S/C20H26N6O2/c1-5-18-14(2)22-25(15(18)3)12-11-21-19(27)13-24-16(4)23-26(20(24)28)17-9-7-6-8-10-17/h6-10H,5,11-13H2,1-4H3,(H,21,27). The van der Waals surface area contributed by atoms with Crippen LogP contribution in [0.2, 0.25) is 0 Å². The molecule has 1 amide bonds. The second-order valence-electron chi connectivity index (χ2n) is 6.74. The van der Waals surface area contributed by atoms with Crippen molar-refractivity contribution >= 4 is 5.91 Å². The summed E-state index contributed by atoms with van der Waals surface area (Å²) in [6.07, 6.45) is 0.942. The summed E-state index contributed by atoms with van der Waals surface area (Å²) in [6, 6.07) is 9.16. The van der Waals surface area contributed by atoms with Gasteiger partial charge in [0.25, 0.3) is 0 Å². The maximum absolute atomic E-state index is 12.6. The van der Waals surface area contributed by atoms with Crippen molar-refractivity contribution in [2.45, 2.75) is 47.2 Å². The SMILES string of the molecule is CCc1c(C)nn(CCNC(=O)Cn2c(C)nn(-c3ccccc3)c2=O)c1C. The van der Waals surface area contributed by atoms with Gasteiger partial charge in [-0.3, -0.25) is 14.0 Å². The fourth-order valence-corrected chi connectivity index (χ4v) is 3.38. The van der Waals surface area contributed by atoms with E-state index in [4.69, 9.17) is 0 Å². The van der Waals surface area contributed by atoms with Gasteiger partial charge in [0, 0.05) is 12.2 Å². The van der Waals surface area contributed by atoms with E-state index in [0.29, 0.717) is 24.6 Å². The van der Waals surface area contributed by atoms with E-state index in [0.717, 1.165) is 17.8 Å². The Kier molecular flexibility index (Phi) is 5.77. The summed E-state index contributed by atoms with van der Waals surface area (Å²) in [5.74, 6) is 0.269. The van der Waals surface area contributed by atoms with Crippen LogP contribution < -0.4 is 11.0 Å². The number of carbonyl (C=O) groups excluding carboxylic acids is 1. The Hall–Kier alpha value is -3.16. The summed E-state index contributed by atoms with van der Waals surface area (Å²) < 4.78 is 4.60. The number of amides is 1. The van der Waals surface area contributed by atoms with E-state index in [-0.39, 0.29) is 18.1 Å². The van der Waals surface area contributed by atoms with Crippen molar-refractivity contribution in [1.29, 1.82) is 0 Å². The molecule has 28 heavy (non-hydrogen) atoms. The first-order valence-electron chi connectivity index (χ1n) is 9.43. The topological polar surface area (TPSA) is 86.7 Å². The normalized spacial score (nSPS) is 11.0. The van der Waals surface area contributed by atoms with E-state index in [1.807, 2.05) is 36.7 Å². The highest BCUT2D eigenvalue weighted by Gasteiger charge is 2.14. The number of hydrogen-bond donors (Lipinski definition) is 1. The average Bonchev–Trinajstić information content (AvgIpc) is 3.12. The maximum Gasteiger partial charge on any atom is 0.351 e. The molecule has 2 aromatic heterocycles. The molecule has 148 valence electrons. The van der Waals surface area contributed by atoms with Crippen molar-refractivity contribution in [1.82, 2.24) is 29.4 Å². The molecule has 0 spiro atoms. The Balaban J connectivity index is 1.63. The highest BCUT2D eigenvalue weighted by molar-refractivity contribution is 5.75. The third-order valence-electron chi connectivity index (χ3n) is 4.88. The minimum Gasteiger partial charge on any atom is -0.353 e. The molecule has 2 heterocycles. The number of aromatic nitrogens is 5. The summed E-state index contributed by atoms with van der Waals surface area (Å²) in [5.41, 5.74) is 3.75. The molecule has 0 aliphatic rings. The van der Waals surface area contributed by atoms with Crippen molar-refractivity contribution in [2.75, 3.05) is 6.54 Å². The molecule has 1 N–H and O–H groups in total. The lowest BCUT2D eigenvalue weighted by molar-refractivity contribution is -0.121. The van der Waals surface area contributed by atoms with Crippen LogP contribution in [0.15, 0.2) is 35.1 Å². The monoisotopic (exact) mass is 382 g/mol. The van der Waals surface area contributed by atoms with Gasteiger partial charge < -0.3 is 5.32 Å². The van der Waals surface area contributed by atoms with Crippen LogP contribution in [0.4, 0.5) is 0 Å². The first-order chi connectivity index (χ1) is 13.4. The lowest BCUT2D eigenvalue weighted by Gasteiger charge is -2.08. The van der Waals surface area contributed by atoms with Gasteiger partial charge in [-0.1, -0.05) is 25.1 Å². The fourth-order valence-electron chi connectivity index (χ4n) is 3.38. The number of para-hydroxylation sites is 1. The van der Waals surface area contributed by atoms with Gasteiger partial charge in [-0.25, -0.2) is 4.79 Å². The Morgan fingerprint density at radius 1 is 1.11 bits per heavy atom. The van der Waals surface area contributed by atoms with Gasteiger partial charge in [0.15, 0.2) is 0 Å². The van der Waals surface area contributed by atoms with Gasteiger partial charge in [0.2, 0.25) is 5.91 Å². The predicted octanol–water partition coefficient (Wildman–Crippen LogP) is 1.53. The van der Waals surface area contributed by atoms with Crippen LogP contribution in [0, 0.1) is 20.8 Å². The lowest BCUT2D eigenvalue weighted by Crippen LogP contribution is -2.35. The Labute approximate surface area is 163 Å². The van der Waals surface area contributed by atoms with E-state index in [1.54, 1.807) is 19.1 Å². The zero-order chi connectivity index (χ0) is 20.3. The molecule has 0 radical (unpaired) electrons. The molecule has 8 nitrogen and oxygen atoms in total. The number of hydrogen-bond acceptors (Lipinski definition) is 4. The highest BCUT2D eigenvalue weighted by Crippen LogP contribution is 2.12. The number of benzene rings is 1. The first-order valence-corrected chi connectivity index (χ1v) is 9.43. The molecule has 0 unspecified atom stereocenters. The molecule has 3 rings (SSSR count).